The van der Waals surface area contributed by atoms with Gasteiger partial charge in [0, 0.05) is 0 Å². The van der Waals surface area contributed by atoms with Gasteiger partial charge < -0.3 is 27.9 Å². The van der Waals surface area contributed by atoms with Crippen molar-refractivity contribution in [3.63, 3.8) is 0 Å². The van der Waals surface area contributed by atoms with Gasteiger partial charge >= 0.3 is 7.25 Å². The molecule has 0 atom stereocenters. The highest BCUT2D eigenvalue weighted by Gasteiger charge is 2.20. The maximum absolute atomic E-state index is 9.75. The van der Waals surface area contributed by atoms with Crippen LogP contribution in [0, 0.1) is 0 Å². The molecule has 0 aliphatic heterocycles. The van der Waals surface area contributed by atoms with E-state index in [9.17, 15) is 17.3 Å². The third-order valence-electron chi connectivity index (χ3n) is 1.31. The van der Waals surface area contributed by atoms with Crippen LogP contribution in [0.4, 0.5) is 17.3 Å². The summed E-state index contributed by atoms with van der Waals surface area (Å²) in [7, 11) is 0. The van der Waals surface area contributed by atoms with Gasteiger partial charge in [-0.1, -0.05) is 32.6 Å². The van der Waals surface area contributed by atoms with E-state index >= 15 is 0 Å². The molecule has 0 spiro atoms. The Bertz CT molecular complexity index is 117. The molecule has 0 fully saturated rings. The molecule has 0 rings (SSSR count). The van der Waals surface area contributed by atoms with Crippen molar-refractivity contribution in [2.24, 2.45) is 5.73 Å². The minimum Gasteiger partial charge on any atom is -0.418 e. The number of nitrogens with zero attached hydrogens (tertiary/aromatic N) is 1. The summed E-state index contributed by atoms with van der Waals surface area (Å²) in [4.78, 5) is 2.00. The van der Waals surface area contributed by atoms with Crippen LogP contribution in [0.1, 0.15) is 39.0 Å². The molecule has 2 nitrogen and oxygen atoms in total. The molecule has 108 valence electrons. The lowest BCUT2D eigenvalue weighted by Gasteiger charge is -1.94. The topological polar surface area (TPSA) is 29.3 Å². The van der Waals surface area contributed by atoms with Crippen molar-refractivity contribution in [1.29, 1.82) is 0 Å². The Morgan fingerprint density at radius 3 is 1.41 bits per heavy atom. The van der Waals surface area contributed by atoms with Crippen molar-refractivity contribution in [3.8, 4) is 0 Å². The Balaban J connectivity index is -0.000000188. The predicted molar refractivity (Wildman–Crippen MR) is 67.6 cm³/mol. The summed E-state index contributed by atoms with van der Waals surface area (Å²) in [6, 6.07) is 0. The molecule has 0 heterocycles. The monoisotopic (exact) mass is 261 g/mol. The Labute approximate surface area is 103 Å². The second-order valence-electron chi connectivity index (χ2n) is 4.04. The molecule has 0 bridgehead atoms. The maximum Gasteiger partial charge on any atom is 0.673 e. The number of hydrogen-bond acceptors (Lipinski definition) is 2. The molecule has 0 aromatic carbocycles. The van der Waals surface area contributed by atoms with Crippen LogP contribution < -0.4 is 5.73 Å². The lowest BCUT2D eigenvalue weighted by molar-refractivity contribution is 0.368. The quantitative estimate of drug-likeness (QED) is 0.467. The van der Waals surface area contributed by atoms with E-state index in [-0.39, 0.29) is 0 Å². The second kappa shape index (κ2) is 15.7. The molecule has 17 heavy (non-hydrogen) atoms. The van der Waals surface area contributed by atoms with Crippen molar-refractivity contribution < 1.29 is 17.3 Å². The van der Waals surface area contributed by atoms with Gasteiger partial charge in [0.1, 0.15) is 0 Å². The van der Waals surface area contributed by atoms with Crippen LogP contribution in [0.2, 0.25) is 0 Å². The van der Waals surface area contributed by atoms with Gasteiger partial charge in [-0.05, 0) is 34.1 Å². The summed E-state index contributed by atoms with van der Waals surface area (Å²) < 4.78 is 39.0. The maximum atomic E-state index is 9.75. The lowest BCUT2D eigenvalue weighted by atomic mass is 10.2. The van der Waals surface area contributed by atoms with E-state index in [0.29, 0.717) is 0 Å². The molecule has 7 heteroatoms. The molecule has 0 aliphatic rings. The standard InChI is InChI=1S/C7H17N.C3H9N.BF4/c1-2-3-4-5-6-7-8;1-4(2)3;2-1(3,4)5/h2-8H2,1H3;1-3H3;/q;;-1. The molecule has 0 saturated heterocycles. The summed E-state index contributed by atoms with van der Waals surface area (Å²) in [5.74, 6) is 0. The second-order valence-corrected chi connectivity index (χ2v) is 4.04. The van der Waals surface area contributed by atoms with Gasteiger partial charge in [-0.25, -0.2) is 0 Å². The zero-order valence-corrected chi connectivity index (χ0v) is 11.4. The summed E-state index contributed by atoms with van der Waals surface area (Å²) in [6.07, 6.45) is 6.60. The summed E-state index contributed by atoms with van der Waals surface area (Å²) in [5, 5.41) is 0. The minimum atomic E-state index is -6.00. The molecular weight excluding hydrogens is 235 g/mol. The first kappa shape index (κ1) is 21.9. The smallest absolute Gasteiger partial charge is 0.418 e. The molecule has 0 aromatic heterocycles. The van der Waals surface area contributed by atoms with Gasteiger partial charge in [0.05, 0.1) is 0 Å². The van der Waals surface area contributed by atoms with E-state index in [1.54, 1.807) is 0 Å². The van der Waals surface area contributed by atoms with E-state index in [0.717, 1.165) is 6.54 Å². The van der Waals surface area contributed by atoms with Gasteiger partial charge in [0.25, 0.3) is 0 Å². The van der Waals surface area contributed by atoms with Crippen molar-refractivity contribution in [2.45, 2.75) is 39.0 Å². The van der Waals surface area contributed by atoms with E-state index in [4.69, 9.17) is 5.73 Å². The highest BCUT2D eigenvalue weighted by molar-refractivity contribution is 6.50. The molecule has 0 saturated carbocycles. The van der Waals surface area contributed by atoms with Gasteiger partial charge in [-0.2, -0.15) is 0 Å². The zero-order chi connectivity index (χ0) is 14.3. The Morgan fingerprint density at radius 2 is 1.18 bits per heavy atom. The summed E-state index contributed by atoms with van der Waals surface area (Å²) in [6.45, 7) is 3.09. The van der Waals surface area contributed by atoms with Crippen LogP contribution in [0.5, 0.6) is 0 Å². The van der Waals surface area contributed by atoms with Crippen molar-refractivity contribution in [3.05, 3.63) is 0 Å². The molecule has 0 aliphatic carbocycles. The molecule has 2 N–H and O–H groups in total. The first-order valence-electron chi connectivity index (χ1n) is 5.83. The number of hydrogen-bond donors (Lipinski definition) is 1. The summed E-state index contributed by atoms with van der Waals surface area (Å²) >= 11 is 0. The summed E-state index contributed by atoms with van der Waals surface area (Å²) in [5.41, 5.74) is 5.31. The third-order valence-corrected chi connectivity index (χ3v) is 1.31. The van der Waals surface area contributed by atoms with Crippen LogP contribution in [0.25, 0.3) is 0 Å². The predicted octanol–water partition coefficient (Wildman–Crippen LogP) is 3.39. The Morgan fingerprint density at radius 1 is 0.882 bits per heavy atom. The number of unbranched alkanes of at least 4 members (excludes halogenated alkanes) is 4. The Hall–Kier alpha value is -0.295. The highest BCUT2D eigenvalue weighted by Crippen LogP contribution is 2.06. The van der Waals surface area contributed by atoms with Crippen LogP contribution in [-0.2, 0) is 0 Å². The van der Waals surface area contributed by atoms with Crippen molar-refractivity contribution in [1.82, 2.24) is 4.90 Å². The normalized spacial score (nSPS) is 10.2. The van der Waals surface area contributed by atoms with E-state index in [1.165, 1.54) is 32.1 Å². The van der Waals surface area contributed by atoms with E-state index < -0.39 is 7.25 Å². The number of nitrogens with two attached hydrogens (primary N) is 1. The molecule has 0 amide bonds. The van der Waals surface area contributed by atoms with Crippen LogP contribution >= 0.6 is 0 Å². The third kappa shape index (κ3) is 133. The number of halogens is 4. The van der Waals surface area contributed by atoms with E-state index in [1.807, 2.05) is 26.0 Å². The molecule has 0 unspecified atom stereocenters. The van der Waals surface area contributed by atoms with Crippen LogP contribution in [0.15, 0.2) is 0 Å². The zero-order valence-electron chi connectivity index (χ0n) is 11.4. The Kier molecular flexibility index (Phi) is 20.3. The molecule has 0 aromatic rings. The highest BCUT2D eigenvalue weighted by atomic mass is 19.5. The largest absolute Gasteiger partial charge is 0.673 e. The van der Waals surface area contributed by atoms with Gasteiger partial charge in [-0.15, -0.1) is 0 Å². The molecular formula is C10H26BF4N2-. The fourth-order valence-corrected chi connectivity index (χ4v) is 0.748. The van der Waals surface area contributed by atoms with Crippen molar-refractivity contribution in [2.75, 3.05) is 27.7 Å². The van der Waals surface area contributed by atoms with Gasteiger partial charge in [0.15, 0.2) is 0 Å². The molecule has 0 radical (unpaired) electrons. The van der Waals surface area contributed by atoms with Crippen LogP contribution in [-0.4, -0.2) is 39.8 Å². The SMILES string of the molecule is CCCCCCCN.CN(C)C.F[B-](F)(F)F. The minimum absolute atomic E-state index is 0.865. The van der Waals surface area contributed by atoms with Crippen molar-refractivity contribution >= 4 is 7.25 Å². The number of rotatable bonds is 5. The van der Waals surface area contributed by atoms with Crippen LogP contribution in [0.3, 0.4) is 0 Å². The van der Waals surface area contributed by atoms with Gasteiger partial charge in [-0.3, -0.25) is 0 Å². The average Bonchev–Trinajstić information content (AvgIpc) is 2.09. The fourth-order valence-electron chi connectivity index (χ4n) is 0.748. The van der Waals surface area contributed by atoms with E-state index in [2.05, 4.69) is 6.92 Å². The van der Waals surface area contributed by atoms with Gasteiger partial charge in [0.2, 0.25) is 0 Å². The first-order valence-corrected chi connectivity index (χ1v) is 5.83. The first-order chi connectivity index (χ1) is 7.65. The lowest BCUT2D eigenvalue weighted by Crippen LogP contribution is -2.02. The fraction of sp³-hybridized carbons (Fsp3) is 1.00. The average molecular weight is 261 g/mol.